The molecule has 0 aromatic carbocycles. The van der Waals surface area contributed by atoms with Crippen LogP contribution in [0.15, 0.2) is 11.1 Å². The standard InChI is InChI=1S/C14H19N5O5S/c1-5(2)13(23)24-3-6-8(20)9(21)12(25-6)19-4-16-7-10(19)17-14(15)18-11(7)22/h4-6,8-9,12,20-21H,3H2,1-2H3,(H3,15,17,18,22)/t6-,8?,9+,12-/m1/s1. The lowest BCUT2D eigenvalue weighted by atomic mass is 10.1. The van der Waals surface area contributed by atoms with Crippen LogP contribution in [0.25, 0.3) is 11.2 Å². The minimum atomic E-state index is -1.15. The summed E-state index contributed by atoms with van der Waals surface area (Å²) in [4.78, 5) is 33.8. The van der Waals surface area contributed by atoms with Crippen molar-refractivity contribution in [2.75, 3.05) is 12.3 Å². The molecule has 0 saturated carbocycles. The maximum Gasteiger partial charge on any atom is 0.308 e. The van der Waals surface area contributed by atoms with E-state index in [-0.39, 0.29) is 35.6 Å². The molecule has 3 rings (SSSR count). The second-order valence-corrected chi connectivity index (χ2v) is 7.47. The molecule has 0 amide bonds. The third-order valence-electron chi connectivity index (χ3n) is 3.92. The monoisotopic (exact) mass is 369 g/mol. The van der Waals surface area contributed by atoms with E-state index < -0.39 is 28.4 Å². The summed E-state index contributed by atoms with van der Waals surface area (Å²) in [5.41, 5.74) is 5.38. The van der Waals surface area contributed by atoms with Gasteiger partial charge in [0.1, 0.15) is 18.1 Å². The van der Waals surface area contributed by atoms with Gasteiger partial charge in [-0.05, 0) is 0 Å². The van der Waals surface area contributed by atoms with Crippen LogP contribution in [0.5, 0.6) is 0 Å². The topological polar surface area (TPSA) is 156 Å². The average molecular weight is 369 g/mol. The number of thioether (sulfide) groups is 1. The van der Waals surface area contributed by atoms with Gasteiger partial charge in [0, 0.05) is 0 Å². The minimum absolute atomic E-state index is 0.0286. The molecule has 0 radical (unpaired) electrons. The maximum atomic E-state index is 11.9. The maximum absolute atomic E-state index is 11.9. The highest BCUT2D eigenvalue weighted by atomic mass is 32.2. The Kier molecular flexibility index (Phi) is 4.71. The molecule has 136 valence electrons. The SMILES string of the molecule is CC(C)C(=O)OC[C@H]1S[C@@H](n2cnc3c(=O)[nH]c(N)nc32)[C@@H](O)C1O. The third-order valence-corrected chi connectivity index (χ3v) is 5.47. The number of hydrogen-bond donors (Lipinski definition) is 4. The number of aromatic amines is 1. The lowest BCUT2D eigenvalue weighted by molar-refractivity contribution is -0.148. The van der Waals surface area contributed by atoms with Gasteiger partial charge in [-0.15, -0.1) is 11.8 Å². The number of carbonyl (C=O) groups excluding carboxylic acids is 1. The predicted octanol–water partition coefficient (Wildman–Crippen LogP) is -0.763. The van der Waals surface area contributed by atoms with Crippen LogP contribution in [0.3, 0.4) is 0 Å². The van der Waals surface area contributed by atoms with Gasteiger partial charge in [-0.25, -0.2) is 4.98 Å². The minimum Gasteiger partial charge on any atom is -0.464 e. The summed E-state index contributed by atoms with van der Waals surface area (Å²) in [6.07, 6.45) is -0.887. The third kappa shape index (κ3) is 3.22. The summed E-state index contributed by atoms with van der Waals surface area (Å²) in [6.45, 7) is 3.39. The number of nitrogens with two attached hydrogens (primary N) is 1. The van der Waals surface area contributed by atoms with Crippen LogP contribution in [0.4, 0.5) is 5.95 Å². The van der Waals surface area contributed by atoms with Crippen molar-refractivity contribution in [3.63, 3.8) is 0 Å². The predicted molar refractivity (Wildman–Crippen MR) is 90.8 cm³/mol. The van der Waals surface area contributed by atoms with Gasteiger partial charge in [-0.1, -0.05) is 13.8 Å². The van der Waals surface area contributed by atoms with Gasteiger partial charge in [0.25, 0.3) is 5.56 Å². The van der Waals surface area contributed by atoms with Gasteiger partial charge in [-0.3, -0.25) is 19.1 Å². The van der Waals surface area contributed by atoms with E-state index in [1.54, 1.807) is 13.8 Å². The summed E-state index contributed by atoms with van der Waals surface area (Å²) < 4.78 is 6.64. The summed E-state index contributed by atoms with van der Waals surface area (Å²) in [5.74, 6) is -0.722. The number of esters is 1. The smallest absolute Gasteiger partial charge is 0.308 e. The quantitative estimate of drug-likeness (QED) is 0.508. The van der Waals surface area contributed by atoms with Crippen LogP contribution in [-0.2, 0) is 9.53 Å². The number of imidazole rings is 1. The molecule has 3 heterocycles. The molecule has 0 spiro atoms. The number of aliphatic hydroxyl groups excluding tert-OH is 2. The Morgan fingerprint density at radius 1 is 1.48 bits per heavy atom. The highest BCUT2D eigenvalue weighted by Gasteiger charge is 2.44. The van der Waals surface area contributed by atoms with Crippen molar-refractivity contribution in [3.05, 3.63) is 16.7 Å². The number of aromatic nitrogens is 4. The Hall–Kier alpha value is -2.11. The molecule has 1 fully saturated rings. The van der Waals surface area contributed by atoms with E-state index >= 15 is 0 Å². The first-order chi connectivity index (χ1) is 11.8. The second-order valence-electron chi connectivity index (χ2n) is 6.11. The summed E-state index contributed by atoms with van der Waals surface area (Å²) >= 11 is 1.22. The molecule has 2 aromatic rings. The van der Waals surface area contributed by atoms with Crippen molar-refractivity contribution in [1.82, 2.24) is 19.5 Å². The number of aliphatic hydroxyl groups is 2. The number of anilines is 1. The normalized spacial score (nSPS) is 26.4. The lowest BCUT2D eigenvalue weighted by Gasteiger charge is -2.17. The highest BCUT2D eigenvalue weighted by molar-refractivity contribution is 8.00. The number of carbonyl (C=O) groups is 1. The molecule has 0 aliphatic carbocycles. The molecular weight excluding hydrogens is 350 g/mol. The van der Waals surface area contributed by atoms with Crippen LogP contribution >= 0.6 is 11.8 Å². The number of H-pyrrole nitrogens is 1. The van der Waals surface area contributed by atoms with E-state index in [9.17, 15) is 19.8 Å². The van der Waals surface area contributed by atoms with E-state index in [4.69, 9.17) is 10.5 Å². The summed E-state index contributed by atoms with van der Waals surface area (Å²) in [7, 11) is 0. The Bertz CT molecular complexity index is 850. The zero-order valence-electron chi connectivity index (χ0n) is 13.6. The second kappa shape index (κ2) is 6.65. The van der Waals surface area contributed by atoms with Crippen LogP contribution in [-0.4, -0.2) is 59.8 Å². The van der Waals surface area contributed by atoms with E-state index in [0.717, 1.165) is 0 Å². The Labute approximate surface area is 146 Å². The molecule has 25 heavy (non-hydrogen) atoms. The van der Waals surface area contributed by atoms with Gasteiger partial charge in [0.15, 0.2) is 11.2 Å². The zero-order chi connectivity index (χ0) is 18.3. The van der Waals surface area contributed by atoms with Crippen molar-refractivity contribution in [2.45, 2.75) is 36.7 Å². The highest BCUT2D eigenvalue weighted by Crippen LogP contribution is 2.42. The molecule has 1 aliphatic rings. The molecule has 1 saturated heterocycles. The van der Waals surface area contributed by atoms with Gasteiger partial charge in [0.05, 0.1) is 23.6 Å². The number of rotatable bonds is 4. The molecular formula is C14H19N5O5S. The van der Waals surface area contributed by atoms with Crippen molar-refractivity contribution >= 4 is 34.8 Å². The van der Waals surface area contributed by atoms with Crippen LogP contribution in [0, 0.1) is 5.92 Å². The van der Waals surface area contributed by atoms with Crippen LogP contribution in [0.2, 0.25) is 0 Å². The molecule has 10 nitrogen and oxygen atoms in total. The lowest BCUT2D eigenvalue weighted by Crippen LogP contribution is -2.34. The largest absolute Gasteiger partial charge is 0.464 e. The first-order valence-electron chi connectivity index (χ1n) is 7.70. The van der Waals surface area contributed by atoms with E-state index in [1.807, 2.05) is 0 Å². The number of fused-ring (bicyclic) bond motifs is 1. The first-order valence-corrected chi connectivity index (χ1v) is 8.64. The first kappa shape index (κ1) is 17.7. The summed E-state index contributed by atoms with van der Waals surface area (Å²) in [5, 5.41) is 19.5. The van der Waals surface area contributed by atoms with Gasteiger partial charge < -0.3 is 20.7 Å². The Morgan fingerprint density at radius 2 is 2.20 bits per heavy atom. The van der Waals surface area contributed by atoms with Crippen molar-refractivity contribution in [2.24, 2.45) is 5.92 Å². The van der Waals surface area contributed by atoms with Crippen molar-refractivity contribution in [1.29, 1.82) is 0 Å². The molecule has 5 N–H and O–H groups in total. The van der Waals surface area contributed by atoms with E-state index in [2.05, 4.69) is 15.0 Å². The average Bonchev–Trinajstić information content (AvgIpc) is 3.08. The molecule has 1 unspecified atom stereocenters. The van der Waals surface area contributed by atoms with Crippen molar-refractivity contribution in [3.8, 4) is 0 Å². The molecule has 4 atom stereocenters. The van der Waals surface area contributed by atoms with E-state index in [0.29, 0.717) is 0 Å². The number of nitrogens with zero attached hydrogens (tertiary/aromatic N) is 3. The number of ether oxygens (including phenoxy) is 1. The van der Waals surface area contributed by atoms with Gasteiger partial charge >= 0.3 is 5.97 Å². The van der Waals surface area contributed by atoms with E-state index in [1.165, 1.54) is 22.7 Å². The number of nitrogen functional groups attached to an aromatic ring is 1. The fourth-order valence-corrected chi connectivity index (χ4v) is 3.99. The van der Waals surface area contributed by atoms with Crippen LogP contribution < -0.4 is 11.3 Å². The molecule has 11 heteroatoms. The number of nitrogens with one attached hydrogen (secondary N) is 1. The van der Waals surface area contributed by atoms with Crippen LogP contribution in [0.1, 0.15) is 19.2 Å². The van der Waals surface area contributed by atoms with Gasteiger partial charge in [0.2, 0.25) is 5.95 Å². The molecule has 0 bridgehead atoms. The van der Waals surface area contributed by atoms with Crippen molar-refractivity contribution < 1.29 is 19.7 Å². The van der Waals surface area contributed by atoms with Gasteiger partial charge in [-0.2, -0.15) is 4.98 Å². The molecule has 2 aromatic heterocycles. The fourth-order valence-electron chi connectivity index (χ4n) is 2.56. The zero-order valence-corrected chi connectivity index (χ0v) is 14.4. The molecule has 1 aliphatic heterocycles. The number of hydrogen-bond acceptors (Lipinski definition) is 9. The fraction of sp³-hybridized carbons (Fsp3) is 0.571. The Morgan fingerprint density at radius 3 is 2.88 bits per heavy atom. The summed E-state index contributed by atoms with van der Waals surface area (Å²) in [6, 6.07) is 0. The Balaban J connectivity index is 1.84.